The van der Waals surface area contributed by atoms with Crippen LogP contribution >= 0.6 is 50.1 Å². The molecule has 0 bridgehead atoms. The van der Waals surface area contributed by atoms with Crippen molar-refractivity contribution in [2.75, 3.05) is 11.1 Å². The number of nitrogen functional groups attached to an aromatic ring is 1. The van der Waals surface area contributed by atoms with Crippen molar-refractivity contribution >= 4 is 61.0 Å². The van der Waals surface area contributed by atoms with Crippen LogP contribution in [0.5, 0.6) is 0 Å². The molecule has 0 aromatic carbocycles. The van der Waals surface area contributed by atoms with Crippen LogP contribution in [0.1, 0.15) is 9.88 Å². The number of nitrogens with one attached hydrogen (secondary N) is 1. The fraction of sp³-hybridized carbons (Fsp3) is 0.167. The van der Waals surface area contributed by atoms with Crippen molar-refractivity contribution in [1.82, 2.24) is 9.36 Å². The molecule has 0 radical (unpaired) electrons. The van der Waals surface area contributed by atoms with E-state index in [0.717, 1.165) is 32.3 Å². The van der Waals surface area contributed by atoms with Gasteiger partial charge < -0.3 is 11.1 Å². The highest BCUT2D eigenvalue weighted by Gasteiger charge is 2.16. The molecule has 4 nitrogen and oxygen atoms in total. The normalized spacial score (nSPS) is 10.9. The lowest BCUT2D eigenvalue weighted by Gasteiger charge is -2.04. The second kappa shape index (κ2) is 5.80. The average Bonchev–Trinajstić information content (AvgIpc) is 3.09. The van der Waals surface area contributed by atoms with E-state index in [1.807, 2.05) is 12.3 Å². The number of anilines is 2. The van der Waals surface area contributed by atoms with Crippen molar-refractivity contribution in [3.8, 4) is 11.3 Å². The van der Waals surface area contributed by atoms with E-state index in [9.17, 15) is 0 Å². The van der Waals surface area contributed by atoms with Gasteiger partial charge in [0.15, 0.2) is 0 Å². The summed E-state index contributed by atoms with van der Waals surface area (Å²) in [5.74, 6) is 0.537. The van der Waals surface area contributed by atoms with Gasteiger partial charge in [0.05, 0.1) is 22.8 Å². The number of thiophene rings is 1. The smallest absolute Gasteiger partial charge is 0.148 e. The van der Waals surface area contributed by atoms with Crippen LogP contribution in [0.15, 0.2) is 21.3 Å². The molecule has 0 aliphatic carbocycles. The van der Waals surface area contributed by atoms with Crippen molar-refractivity contribution < 1.29 is 0 Å². The summed E-state index contributed by atoms with van der Waals surface area (Å²) in [6.07, 6.45) is 0. The number of rotatable bonds is 4. The van der Waals surface area contributed by atoms with Crippen molar-refractivity contribution in [2.24, 2.45) is 0 Å². The molecule has 3 aromatic heterocycles. The molecule has 0 saturated heterocycles. The van der Waals surface area contributed by atoms with Crippen LogP contribution < -0.4 is 11.1 Å². The summed E-state index contributed by atoms with van der Waals surface area (Å²) < 4.78 is 5.35. The van der Waals surface area contributed by atoms with Gasteiger partial charge in [-0.25, -0.2) is 4.98 Å². The highest BCUT2D eigenvalue weighted by Crippen LogP contribution is 2.37. The van der Waals surface area contributed by atoms with Gasteiger partial charge in [-0.05, 0) is 40.5 Å². The standard InChI is InChI=1S/C12H11BrN4S3/c1-6-16-9(5-18-6)10-11(14)17-20-12(10)15-3-8-2-7(13)4-19-8/h2,4-5,15H,3H2,1H3,(H2,14,17). The summed E-state index contributed by atoms with van der Waals surface area (Å²) in [4.78, 5) is 5.75. The van der Waals surface area contributed by atoms with Crippen LogP contribution in [0.25, 0.3) is 11.3 Å². The molecule has 0 fully saturated rings. The number of nitrogens with zero attached hydrogens (tertiary/aromatic N) is 2. The van der Waals surface area contributed by atoms with E-state index in [0.29, 0.717) is 5.82 Å². The van der Waals surface area contributed by atoms with Gasteiger partial charge in [0.1, 0.15) is 10.8 Å². The third kappa shape index (κ3) is 2.88. The topological polar surface area (TPSA) is 63.8 Å². The first-order valence-electron chi connectivity index (χ1n) is 5.78. The highest BCUT2D eigenvalue weighted by atomic mass is 79.9. The van der Waals surface area contributed by atoms with Gasteiger partial charge in [-0.1, -0.05) is 0 Å². The van der Waals surface area contributed by atoms with E-state index >= 15 is 0 Å². The maximum atomic E-state index is 5.97. The number of thiazole rings is 1. The molecule has 0 saturated carbocycles. The van der Waals surface area contributed by atoms with Gasteiger partial charge in [-0.3, -0.25) is 0 Å². The lowest BCUT2D eigenvalue weighted by Crippen LogP contribution is -1.98. The summed E-state index contributed by atoms with van der Waals surface area (Å²) in [7, 11) is 0. The Morgan fingerprint density at radius 3 is 2.85 bits per heavy atom. The molecule has 3 aromatic rings. The van der Waals surface area contributed by atoms with Gasteiger partial charge in [0.25, 0.3) is 0 Å². The Hall–Kier alpha value is -0.960. The largest absolute Gasteiger partial charge is 0.382 e. The predicted molar refractivity (Wildman–Crippen MR) is 91.7 cm³/mol. The molecule has 20 heavy (non-hydrogen) atoms. The second-order valence-electron chi connectivity index (χ2n) is 4.11. The Labute approximate surface area is 137 Å². The maximum absolute atomic E-state index is 5.97. The summed E-state index contributed by atoms with van der Waals surface area (Å²) in [5.41, 5.74) is 7.78. The van der Waals surface area contributed by atoms with Crippen molar-refractivity contribution in [1.29, 1.82) is 0 Å². The van der Waals surface area contributed by atoms with Gasteiger partial charge in [0, 0.05) is 20.1 Å². The summed E-state index contributed by atoms with van der Waals surface area (Å²) in [6.45, 7) is 2.74. The summed E-state index contributed by atoms with van der Waals surface area (Å²) in [6, 6.07) is 2.11. The van der Waals surface area contributed by atoms with Gasteiger partial charge in [-0.2, -0.15) is 4.37 Å². The lowest BCUT2D eigenvalue weighted by atomic mass is 10.2. The number of nitrogens with two attached hydrogens (primary N) is 1. The Morgan fingerprint density at radius 2 is 2.20 bits per heavy atom. The maximum Gasteiger partial charge on any atom is 0.148 e. The van der Waals surface area contributed by atoms with Crippen LogP contribution in [0, 0.1) is 6.92 Å². The van der Waals surface area contributed by atoms with Crippen molar-refractivity contribution in [3.63, 3.8) is 0 Å². The first-order chi connectivity index (χ1) is 9.63. The zero-order valence-corrected chi connectivity index (χ0v) is 14.5. The fourth-order valence-electron chi connectivity index (χ4n) is 1.76. The van der Waals surface area contributed by atoms with E-state index < -0.39 is 0 Å². The summed E-state index contributed by atoms with van der Waals surface area (Å²) in [5, 5.41) is 9.49. The molecule has 104 valence electrons. The second-order valence-corrected chi connectivity index (χ2v) is 7.86. The number of halogens is 1. The third-order valence-corrected chi connectivity index (χ3v) is 5.93. The zero-order valence-electron chi connectivity index (χ0n) is 10.5. The van der Waals surface area contributed by atoms with E-state index in [2.05, 4.69) is 42.1 Å². The molecule has 3 N–H and O–H groups in total. The number of aryl methyl sites for hydroxylation is 1. The van der Waals surface area contributed by atoms with Crippen molar-refractivity contribution in [3.05, 3.63) is 31.2 Å². The van der Waals surface area contributed by atoms with Gasteiger partial charge in [-0.15, -0.1) is 22.7 Å². The zero-order chi connectivity index (χ0) is 14.1. The lowest BCUT2D eigenvalue weighted by molar-refractivity contribution is 1.20. The molecule has 0 atom stereocenters. The molecule has 0 aliphatic rings. The van der Waals surface area contributed by atoms with Crippen LogP contribution in [0.4, 0.5) is 10.8 Å². The summed E-state index contributed by atoms with van der Waals surface area (Å²) >= 11 is 8.17. The van der Waals surface area contributed by atoms with Gasteiger partial charge in [0.2, 0.25) is 0 Å². The Morgan fingerprint density at radius 1 is 1.35 bits per heavy atom. The minimum absolute atomic E-state index is 0.537. The highest BCUT2D eigenvalue weighted by molar-refractivity contribution is 9.10. The van der Waals surface area contributed by atoms with Crippen LogP contribution in [0.2, 0.25) is 0 Å². The van der Waals surface area contributed by atoms with E-state index in [4.69, 9.17) is 5.73 Å². The first kappa shape index (κ1) is 14.0. The van der Waals surface area contributed by atoms with Crippen LogP contribution in [-0.2, 0) is 6.54 Å². The minimum Gasteiger partial charge on any atom is -0.382 e. The Bertz CT molecular complexity index is 731. The average molecular weight is 387 g/mol. The van der Waals surface area contributed by atoms with Gasteiger partial charge >= 0.3 is 0 Å². The van der Waals surface area contributed by atoms with Crippen LogP contribution in [0.3, 0.4) is 0 Å². The number of hydrogen-bond donors (Lipinski definition) is 2. The molecule has 0 spiro atoms. The quantitative estimate of drug-likeness (QED) is 0.687. The molecule has 3 heterocycles. The molecule has 3 rings (SSSR count). The van der Waals surface area contributed by atoms with E-state index in [-0.39, 0.29) is 0 Å². The van der Waals surface area contributed by atoms with Crippen molar-refractivity contribution in [2.45, 2.75) is 13.5 Å². The molecule has 0 aliphatic heterocycles. The molecular weight excluding hydrogens is 376 g/mol. The third-order valence-electron chi connectivity index (χ3n) is 2.64. The monoisotopic (exact) mass is 386 g/mol. The molecule has 0 unspecified atom stereocenters. The predicted octanol–water partition coefficient (Wildman–Crippen LogP) is 4.59. The van der Waals surface area contributed by atoms with E-state index in [1.54, 1.807) is 22.7 Å². The minimum atomic E-state index is 0.537. The fourth-order valence-corrected chi connectivity index (χ4v) is 4.48. The van der Waals surface area contributed by atoms with Crippen LogP contribution in [-0.4, -0.2) is 9.36 Å². The van der Waals surface area contributed by atoms with E-state index in [1.165, 1.54) is 16.4 Å². The number of aromatic nitrogens is 2. The number of hydrogen-bond acceptors (Lipinski definition) is 7. The Kier molecular flexibility index (Phi) is 4.06. The molecule has 0 amide bonds. The first-order valence-corrected chi connectivity index (χ1v) is 9.10. The Balaban J connectivity index is 1.83. The SMILES string of the molecule is Cc1nc(-c2c(N)nsc2NCc2cc(Br)cs2)cs1. The molecular formula is C12H11BrN4S3. The molecule has 8 heteroatoms.